The molecule has 0 spiro atoms. The van der Waals surface area contributed by atoms with Gasteiger partial charge in [-0.05, 0) is 0 Å². The summed E-state index contributed by atoms with van der Waals surface area (Å²) in [6.45, 7) is 14.0. The molecule has 0 unspecified atom stereocenters. The molecule has 0 amide bonds. The monoisotopic (exact) mass is 668 g/mol. The molecule has 29 heavy (non-hydrogen) atoms. The summed E-state index contributed by atoms with van der Waals surface area (Å²) in [6.07, 6.45) is 17.5. The predicted octanol–water partition coefficient (Wildman–Crippen LogP) is 3.77. The summed E-state index contributed by atoms with van der Waals surface area (Å²) in [5.41, 5.74) is 0. The fraction of sp³-hybridized carbons (Fsp3) is 1.00. The molecule has 0 heterocycles. The summed E-state index contributed by atoms with van der Waals surface area (Å²) in [7, 11) is 0. The second-order valence-electron chi connectivity index (χ2n) is 7.80. The van der Waals surface area contributed by atoms with Crippen LogP contribution in [0.1, 0.15) is 119 Å². The van der Waals surface area contributed by atoms with Gasteiger partial charge in [-0.25, -0.2) is 0 Å². The van der Waals surface area contributed by atoms with Gasteiger partial charge in [0.25, 0.3) is 0 Å². The molecule has 0 nitrogen and oxygen atoms in total. The number of hydrogen-bond donors (Lipinski definition) is 0. The smallest absolute Gasteiger partial charge is 0 e. The van der Waals surface area contributed by atoms with Crippen LogP contribution >= 0.6 is 0 Å². The Labute approximate surface area is 222 Å². The molecule has 0 radical (unpaired) electrons. The molecule has 0 aromatic rings. The number of hydrogen-bond acceptors (Lipinski definition) is 0. The minimum atomic E-state index is -0.353. The summed E-state index contributed by atoms with van der Waals surface area (Å²) >= 11 is -0.706. The van der Waals surface area contributed by atoms with Gasteiger partial charge in [0.2, 0.25) is 0 Å². The maximum atomic E-state index is 2.33. The van der Waals surface area contributed by atoms with Gasteiger partial charge in [0.15, 0.2) is 0 Å². The molecule has 0 fully saturated rings. The van der Waals surface area contributed by atoms with Crippen molar-refractivity contribution in [1.82, 2.24) is 0 Å². The fourth-order valence-corrected chi connectivity index (χ4v) is 15.4. The van der Waals surface area contributed by atoms with E-state index in [4.69, 9.17) is 0 Å². The van der Waals surface area contributed by atoms with Crippen molar-refractivity contribution in [2.45, 2.75) is 150 Å². The first kappa shape index (κ1) is 41.6. The summed E-state index contributed by atoms with van der Waals surface area (Å²) in [4.78, 5) is 0. The molecular weight excluding hydrogens is 615 g/mol. The van der Waals surface area contributed by atoms with Crippen molar-refractivity contribution in [3.8, 4) is 0 Å². The van der Waals surface area contributed by atoms with Gasteiger partial charge in [0.05, 0.1) is 0 Å². The molecular formula is C24H54As2Cl2Pd-2. The molecule has 0 saturated heterocycles. The van der Waals surface area contributed by atoms with Gasteiger partial charge in [-0.2, -0.15) is 0 Å². The van der Waals surface area contributed by atoms with Crippen molar-refractivity contribution < 1.29 is 45.2 Å². The quantitative estimate of drug-likeness (QED) is 0.195. The first-order chi connectivity index (χ1) is 12.7. The zero-order chi connectivity index (χ0) is 19.9. The summed E-state index contributed by atoms with van der Waals surface area (Å²) < 4.78 is 0. The molecule has 0 aliphatic carbocycles. The molecule has 0 atom stereocenters. The maximum Gasteiger partial charge on any atom is 0 e. The topological polar surface area (TPSA) is 0 Å². The van der Waals surface area contributed by atoms with Crippen LogP contribution in [0.15, 0.2) is 0 Å². The van der Waals surface area contributed by atoms with Crippen LogP contribution in [0.5, 0.6) is 0 Å². The molecule has 5 heteroatoms. The Bertz CT molecular complexity index is 185. The van der Waals surface area contributed by atoms with Crippen LogP contribution in [0.25, 0.3) is 0 Å². The predicted molar refractivity (Wildman–Crippen MR) is 130 cm³/mol. The second kappa shape index (κ2) is 37.7. The van der Waals surface area contributed by atoms with E-state index >= 15 is 0 Å². The average Bonchev–Trinajstić information content (AvgIpc) is 2.67. The van der Waals surface area contributed by atoms with Crippen molar-refractivity contribution in [2.24, 2.45) is 0 Å². The van der Waals surface area contributed by atoms with Gasteiger partial charge in [-0.15, -0.1) is 0 Å². The third-order valence-electron chi connectivity index (χ3n) is 4.97. The van der Waals surface area contributed by atoms with Crippen molar-refractivity contribution in [1.29, 1.82) is 0 Å². The molecule has 0 aromatic heterocycles. The SMILES string of the molecule is CCCC[As](CCCC)CCCC.CCCC[As](CCCC)CCCC.[Cl-].[Cl-].[Pd]. The number of halogens is 2. The van der Waals surface area contributed by atoms with E-state index < -0.39 is 0 Å². The zero-order valence-electron chi connectivity index (χ0n) is 20.7. The van der Waals surface area contributed by atoms with E-state index in [-0.39, 0.29) is 74.5 Å². The Balaban J connectivity index is -0.000000120. The van der Waals surface area contributed by atoms with E-state index in [0.29, 0.717) is 0 Å². The minimum absolute atomic E-state index is 0. The first-order valence-electron chi connectivity index (χ1n) is 12.1. The van der Waals surface area contributed by atoms with Crippen molar-refractivity contribution in [3.05, 3.63) is 0 Å². The normalized spacial score (nSPS) is 9.93. The van der Waals surface area contributed by atoms with E-state index in [1.807, 2.05) is 0 Å². The number of unbranched alkanes of at least 4 members (excludes halogenated alkanes) is 6. The van der Waals surface area contributed by atoms with Crippen LogP contribution in [-0.4, -0.2) is 29.3 Å². The van der Waals surface area contributed by atoms with Crippen LogP contribution in [0, 0.1) is 0 Å². The Hall–Kier alpha value is 2.36. The largest absolute Gasteiger partial charge is 1.00 e. The summed E-state index contributed by atoms with van der Waals surface area (Å²) in [5.74, 6) is 0. The van der Waals surface area contributed by atoms with Crippen molar-refractivity contribution in [2.75, 3.05) is 0 Å². The van der Waals surface area contributed by atoms with Gasteiger partial charge < -0.3 is 24.8 Å². The van der Waals surface area contributed by atoms with Crippen molar-refractivity contribution >= 4 is 29.3 Å². The third kappa shape index (κ3) is 35.1. The van der Waals surface area contributed by atoms with Crippen molar-refractivity contribution in [3.63, 3.8) is 0 Å². The third-order valence-corrected chi connectivity index (χ3v) is 16.9. The van der Waals surface area contributed by atoms with Gasteiger partial charge in [0.1, 0.15) is 0 Å². The molecule has 0 aliphatic rings. The second-order valence-corrected chi connectivity index (χ2v) is 19.1. The van der Waals surface area contributed by atoms with Crippen LogP contribution in [0.2, 0.25) is 31.3 Å². The first-order valence-corrected chi connectivity index (χ1v) is 20.1. The molecule has 186 valence electrons. The van der Waals surface area contributed by atoms with E-state index in [0.717, 1.165) is 0 Å². The molecule has 0 saturated carbocycles. The Kier molecular flexibility index (Phi) is 54.0. The fourth-order valence-electron chi connectivity index (χ4n) is 2.96. The minimum Gasteiger partial charge on any atom is -1.00 e. The molecule has 0 rings (SSSR count). The molecule has 0 bridgehead atoms. The van der Waals surface area contributed by atoms with E-state index in [1.54, 1.807) is 31.3 Å². The number of rotatable bonds is 18. The Morgan fingerprint density at radius 2 is 0.483 bits per heavy atom. The zero-order valence-corrected chi connectivity index (χ0v) is 27.5. The van der Waals surface area contributed by atoms with Gasteiger partial charge in [0, 0.05) is 20.4 Å². The van der Waals surface area contributed by atoms with Crippen LogP contribution in [-0.2, 0) is 20.4 Å². The Morgan fingerprint density at radius 3 is 0.586 bits per heavy atom. The van der Waals surface area contributed by atoms with Gasteiger partial charge >= 0.3 is 179 Å². The van der Waals surface area contributed by atoms with Gasteiger partial charge in [-0.3, -0.25) is 0 Å². The van der Waals surface area contributed by atoms with Gasteiger partial charge in [-0.1, -0.05) is 0 Å². The average molecular weight is 670 g/mol. The standard InChI is InChI=1S/2C12H27As.2ClH.Pd/c2*1-4-7-10-13(11-8-5-2)12-9-6-3;;;/h2*4-12H2,1-3H3;2*1H;/p-2. The van der Waals surface area contributed by atoms with Crippen LogP contribution in [0.3, 0.4) is 0 Å². The van der Waals surface area contributed by atoms with Crippen LogP contribution < -0.4 is 24.8 Å². The summed E-state index contributed by atoms with van der Waals surface area (Å²) in [6, 6.07) is 0. The molecule has 0 aromatic carbocycles. The Morgan fingerprint density at radius 1 is 0.345 bits per heavy atom. The molecule has 0 N–H and O–H groups in total. The maximum absolute atomic E-state index is 2.33. The van der Waals surface area contributed by atoms with E-state index in [1.165, 1.54) is 77.0 Å². The van der Waals surface area contributed by atoms with E-state index in [9.17, 15) is 0 Å². The summed E-state index contributed by atoms with van der Waals surface area (Å²) in [5, 5.41) is 9.77. The van der Waals surface area contributed by atoms with Crippen LogP contribution in [0.4, 0.5) is 0 Å². The van der Waals surface area contributed by atoms with E-state index in [2.05, 4.69) is 41.5 Å². The molecule has 0 aliphatic heterocycles.